The zero-order chi connectivity index (χ0) is 20.6. The van der Waals surface area contributed by atoms with E-state index in [1.54, 1.807) is 0 Å². The van der Waals surface area contributed by atoms with Crippen LogP contribution >= 0.6 is 11.6 Å². The van der Waals surface area contributed by atoms with Crippen molar-refractivity contribution >= 4 is 38.9 Å². The second kappa shape index (κ2) is 7.31. The minimum atomic E-state index is -4.79. The van der Waals surface area contributed by atoms with Crippen molar-refractivity contribution in [2.24, 2.45) is 11.4 Å². The van der Waals surface area contributed by atoms with Crippen molar-refractivity contribution in [3.8, 4) is 0 Å². The van der Waals surface area contributed by atoms with Gasteiger partial charge in [-0.2, -0.15) is 12.8 Å². The zero-order valence-electron chi connectivity index (χ0n) is 14.3. The van der Waals surface area contributed by atoms with Gasteiger partial charge in [0.25, 0.3) is 21.9 Å². The number of hydrogen-bond acceptors (Lipinski definition) is 4. The Morgan fingerprint density at radius 3 is 2.59 bits per heavy atom. The molecule has 0 radical (unpaired) electrons. The van der Waals surface area contributed by atoms with Crippen LogP contribution in [-0.4, -0.2) is 35.5 Å². The van der Waals surface area contributed by atoms with Crippen molar-refractivity contribution in [3.05, 3.63) is 41.2 Å². The summed E-state index contributed by atoms with van der Waals surface area (Å²) in [6.45, 7) is 1.26. The molecule has 0 aliphatic rings. The van der Waals surface area contributed by atoms with Gasteiger partial charge in [0.1, 0.15) is 15.7 Å². The van der Waals surface area contributed by atoms with E-state index in [1.807, 2.05) is 0 Å². The normalized spacial score (nSPS) is 12.9. The first kappa shape index (κ1) is 20.9. The number of pyridine rings is 1. The highest BCUT2D eigenvalue weighted by atomic mass is 35.5. The van der Waals surface area contributed by atoms with Crippen LogP contribution in [0.15, 0.2) is 33.8 Å². The van der Waals surface area contributed by atoms with Crippen molar-refractivity contribution in [2.75, 3.05) is 5.32 Å². The lowest BCUT2D eigenvalue weighted by Gasteiger charge is -2.08. The number of halogens is 4. The molecular formula is C15H14ClF3N4O3S. The number of rotatable bonds is 5. The molecule has 1 N–H and O–H groups in total. The van der Waals surface area contributed by atoms with Gasteiger partial charge in [-0.3, -0.25) is 4.79 Å². The minimum absolute atomic E-state index is 0.0775. The molecule has 0 aromatic carbocycles. The first-order valence-corrected chi connectivity index (χ1v) is 9.12. The zero-order valence-corrected chi connectivity index (χ0v) is 15.9. The average molecular weight is 423 g/mol. The Hall–Kier alpha value is -2.40. The molecule has 7 nitrogen and oxygen atoms in total. The van der Waals surface area contributed by atoms with Gasteiger partial charge in [-0.25, -0.2) is 18.2 Å². The lowest BCUT2D eigenvalue weighted by atomic mass is 10.3. The minimum Gasteiger partial charge on any atom is -0.343 e. The summed E-state index contributed by atoms with van der Waals surface area (Å²) in [5, 5.41) is 2.41. The van der Waals surface area contributed by atoms with Gasteiger partial charge in [0.15, 0.2) is 5.82 Å². The van der Waals surface area contributed by atoms with Gasteiger partial charge in [0, 0.05) is 32.1 Å². The van der Waals surface area contributed by atoms with Crippen molar-refractivity contribution in [1.82, 2.24) is 9.55 Å². The molecule has 2 heterocycles. The predicted molar refractivity (Wildman–Crippen MR) is 93.5 cm³/mol. The Bertz CT molecular complexity index is 1030. The Morgan fingerprint density at radius 2 is 2.04 bits per heavy atom. The van der Waals surface area contributed by atoms with E-state index < -0.39 is 44.0 Å². The highest BCUT2D eigenvalue weighted by Gasteiger charge is 2.32. The smallest absolute Gasteiger partial charge is 0.286 e. The second-order valence-corrected chi connectivity index (χ2v) is 7.59. The first-order valence-electron chi connectivity index (χ1n) is 7.30. The van der Waals surface area contributed by atoms with Crippen LogP contribution in [0.25, 0.3) is 0 Å². The lowest BCUT2D eigenvalue weighted by Crippen LogP contribution is -2.22. The maximum Gasteiger partial charge on any atom is 0.286 e. The molecule has 0 saturated heterocycles. The number of nitrogens with zero attached hydrogens (tertiary/aromatic N) is 3. The van der Waals surface area contributed by atoms with Crippen LogP contribution in [0.5, 0.6) is 0 Å². The number of anilines is 1. The van der Waals surface area contributed by atoms with Gasteiger partial charge in [-0.05, 0) is 19.1 Å². The third-order valence-corrected chi connectivity index (χ3v) is 5.02. The number of hydrogen-bond donors (Lipinski definition) is 1. The molecule has 1 amide bonds. The van der Waals surface area contributed by atoms with Crippen molar-refractivity contribution in [2.45, 2.75) is 24.7 Å². The van der Waals surface area contributed by atoms with Gasteiger partial charge in [0.2, 0.25) is 0 Å². The number of carbonyl (C=O) groups is 1. The van der Waals surface area contributed by atoms with E-state index >= 15 is 0 Å². The molecule has 2 aromatic rings. The molecule has 0 fully saturated rings. The van der Waals surface area contributed by atoms with Gasteiger partial charge in [-0.1, -0.05) is 11.6 Å². The summed E-state index contributed by atoms with van der Waals surface area (Å²) in [4.78, 5) is 15.0. The van der Waals surface area contributed by atoms with E-state index in [-0.39, 0.29) is 10.8 Å². The van der Waals surface area contributed by atoms with Crippen LogP contribution < -0.4 is 5.32 Å². The average Bonchev–Trinajstić information content (AvgIpc) is 2.81. The SMILES string of the molecule is CC(=NS(=O)(=O)c1cn(C)c(C(=O)Nc2ccnc(Cl)c2)c1F)C(C)(F)F. The number of aryl methyl sites for hydroxylation is 1. The second-order valence-electron chi connectivity index (χ2n) is 5.63. The van der Waals surface area contributed by atoms with E-state index in [1.165, 1.54) is 25.4 Å². The number of nitrogens with one attached hydrogen (secondary N) is 1. The Balaban J connectivity index is 2.43. The highest BCUT2D eigenvalue weighted by molar-refractivity contribution is 7.90. The molecular weight excluding hydrogens is 409 g/mol. The molecule has 0 aliphatic carbocycles. The fourth-order valence-corrected chi connectivity index (χ4v) is 3.40. The summed E-state index contributed by atoms with van der Waals surface area (Å²) in [6.07, 6.45) is 2.08. The number of alkyl halides is 2. The Labute approximate surface area is 157 Å². The molecule has 0 spiro atoms. The first-order chi connectivity index (χ1) is 12.3. The standard InChI is InChI=1S/C15H14ClF3N4O3S/c1-8(15(2,18)19)22-27(25,26)10-7-23(3)13(12(10)17)14(24)21-9-4-5-20-11(16)6-9/h4-7H,1-3H3,(H,20,21,24). The fraction of sp³-hybridized carbons (Fsp3) is 0.267. The molecule has 0 saturated carbocycles. The number of sulfonamides is 1. The molecule has 2 rings (SSSR count). The van der Waals surface area contributed by atoms with Crippen molar-refractivity contribution in [3.63, 3.8) is 0 Å². The largest absolute Gasteiger partial charge is 0.343 e. The third-order valence-electron chi connectivity index (χ3n) is 3.46. The van der Waals surface area contributed by atoms with E-state index in [2.05, 4.69) is 14.7 Å². The lowest BCUT2D eigenvalue weighted by molar-refractivity contribution is 0.0996. The van der Waals surface area contributed by atoms with Crippen molar-refractivity contribution in [1.29, 1.82) is 0 Å². The summed E-state index contributed by atoms with van der Waals surface area (Å²) in [6, 6.07) is 2.69. The van der Waals surface area contributed by atoms with E-state index in [0.717, 1.165) is 17.7 Å². The van der Waals surface area contributed by atoms with Crippen LogP contribution in [-0.2, 0) is 17.1 Å². The number of carbonyl (C=O) groups excluding carboxylic acids is 1. The molecule has 0 unspecified atom stereocenters. The molecule has 0 bridgehead atoms. The third kappa shape index (κ3) is 4.66. The molecule has 12 heteroatoms. The van der Waals surface area contributed by atoms with Gasteiger partial charge < -0.3 is 9.88 Å². The Kier molecular flexibility index (Phi) is 5.66. The van der Waals surface area contributed by atoms with Crippen LogP contribution in [0.4, 0.5) is 18.9 Å². The van der Waals surface area contributed by atoms with Crippen LogP contribution in [0.3, 0.4) is 0 Å². The topological polar surface area (TPSA) is 93.4 Å². The number of amides is 1. The van der Waals surface area contributed by atoms with Gasteiger partial charge in [-0.15, -0.1) is 0 Å². The Morgan fingerprint density at radius 1 is 1.41 bits per heavy atom. The van der Waals surface area contributed by atoms with E-state index in [9.17, 15) is 26.4 Å². The van der Waals surface area contributed by atoms with Crippen LogP contribution in [0.1, 0.15) is 24.3 Å². The molecule has 146 valence electrons. The highest BCUT2D eigenvalue weighted by Crippen LogP contribution is 2.25. The van der Waals surface area contributed by atoms with Crippen molar-refractivity contribution < 1.29 is 26.4 Å². The summed E-state index contributed by atoms with van der Waals surface area (Å²) >= 11 is 5.69. The summed E-state index contributed by atoms with van der Waals surface area (Å²) in [7, 11) is -3.56. The van der Waals surface area contributed by atoms with E-state index in [4.69, 9.17) is 11.6 Å². The predicted octanol–water partition coefficient (Wildman–Crippen LogP) is 3.27. The summed E-state index contributed by atoms with van der Waals surface area (Å²) < 4.78 is 69.2. The fourth-order valence-electron chi connectivity index (χ4n) is 1.99. The maximum atomic E-state index is 14.6. The van der Waals surface area contributed by atoms with Crippen LogP contribution in [0, 0.1) is 5.82 Å². The van der Waals surface area contributed by atoms with Gasteiger partial charge >= 0.3 is 0 Å². The van der Waals surface area contributed by atoms with E-state index in [0.29, 0.717) is 6.92 Å². The molecule has 27 heavy (non-hydrogen) atoms. The maximum absolute atomic E-state index is 14.6. The summed E-state index contributed by atoms with van der Waals surface area (Å²) in [5.74, 6) is -5.88. The monoisotopic (exact) mass is 422 g/mol. The van der Waals surface area contributed by atoms with Gasteiger partial charge in [0.05, 0.1) is 5.71 Å². The van der Waals surface area contributed by atoms with Crippen LogP contribution in [0.2, 0.25) is 5.15 Å². The quantitative estimate of drug-likeness (QED) is 0.591. The molecule has 0 aliphatic heterocycles. The molecule has 0 atom stereocenters. The number of aromatic nitrogens is 2. The molecule has 2 aromatic heterocycles. The summed E-state index contributed by atoms with van der Waals surface area (Å²) in [5.41, 5.74) is -1.44.